The zero-order valence-electron chi connectivity index (χ0n) is 11.9. The highest BCUT2D eigenvalue weighted by molar-refractivity contribution is 5.77. The Bertz CT molecular complexity index is 463. The van der Waals surface area contributed by atoms with Gasteiger partial charge in [-0.2, -0.15) is 0 Å². The minimum Gasteiger partial charge on any atom is -0.370 e. The van der Waals surface area contributed by atoms with Crippen LogP contribution in [0.4, 0.5) is 5.82 Å². The molecule has 1 aromatic rings. The van der Waals surface area contributed by atoms with Gasteiger partial charge in [-0.1, -0.05) is 6.08 Å². The van der Waals surface area contributed by atoms with Crippen molar-refractivity contribution in [3.63, 3.8) is 0 Å². The molecule has 0 saturated carbocycles. The molecule has 3 N–H and O–H groups in total. The fourth-order valence-electron chi connectivity index (χ4n) is 2.26. The van der Waals surface area contributed by atoms with Crippen molar-refractivity contribution in [2.75, 3.05) is 24.5 Å². The number of nitrogens with two attached hydrogens (primary N) is 1. The van der Waals surface area contributed by atoms with Crippen LogP contribution in [0.15, 0.2) is 36.0 Å². The van der Waals surface area contributed by atoms with Gasteiger partial charge in [0.2, 0.25) is 0 Å². The van der Waals surface area contributed by atoms with Crippen LogP contribution in [-0.2, 0) is 6.54 Å². The van der Waals surface area contributed by atoms with Gasteiger partial charge in [-0.3, -0.25) is 0 Å². The van der Waals surface area contributed by atoms with Crippen molar-refractivity contribution in [3.05, 3.63) is 36.5 Å². The fourth-order valence-corrected chi connectivity index (χ4v) is 2.26. The van der Waals surface area contributed by atoms with E-state index in [-0.39, 0.29) is 0 Å². The second-order valence-corrected chi connectivity index (χ2v) is 4.94. The summed E-state index contributed by atoms with van der Waals surface area (Å²) in [5.74, 6) is 1.50. The van der Waals surface area contributed by atoms with E-state index in [4.69, 9.17) is 5.73 Å². The van der Waals surface area contributed by atoms with Crippen molar-refractivity contribution in [2.45, 2.75) is 25.8 Å². The highest BCUT2D eigenvalue weighted by Crippen LogP contribution is 2.18. The Balaban J connectivity index is 1.96. The third-order valence-electron chi connectivity index (χ3n) is 3.35. The molecule has 0 aromatic carbocycles. The van der Waals surface area contributed by atoms with E-state index in [2.05, 4.69) is 32.8 Å². The number of guanidine groups is 1. The van der Waals surface area contributed by atoms with E-state index in [9.17, 15) is 0 Å². The topological polar surface area (TPSA) is 66.5 Å². The number of rotatable bonds is 5. The van der Waals surface area contributed by atoms with Gasteiger partial charge in [0.1, 0.15) is 5.82 Å². The van der Waals surface area contributed by atoms with E-state index in [1.165, 1.54) is 19.3 Å². The van der Waals surface area contributed by atoms with Crippen LogP contribution in [-0.4, -0.2) is 30.6 Å². The lowest BCUT2D eigenvalue weighted by Crippen LogP contribution is -2.31. The summed E-state index contributed by atoms with van der Waals surface area (Å²) < 4.78 is 0. The molecule has 108 valence electrons. The van der Waals surface area contributed by atoms with Crippen molar-refractivity contribution in [1.82, 2.24) is 10.3 Å². The Hall–Kier alpha value is -2.04. The smallest absolute Gasteiger partial charge is 0.189 e. The monoisotopic (exact) mass is 273 g/mol. The molecule has 0 aliphatic carbocycles. The van der Waals surface area contributed by atoms with Crippen LogP contribution in [0.5, 0.6) is 0 Å². The summed E-state index contributed by atoms with van der Waals surface area (Å²) in [7, 11) is 0. The first-order valence-electron chi connectivity index (χ1n) is 7.14. The molecule has 2 rings (SSSR count). The van der Waals surface area contributed by atoms with Crippen molar-refractivity contribution >= 4 is 11.8 Å². The number of nitrogens with zero attached hydrogens (tertiary/aromatic N) is 3. The Morgan fingerprint density at radius 2 is 2.25 bits per heavy atom. The highest BCUT2D eigenvalue weighted by Gasteiger charge is 2.11. The van der Waals surface area contributed by atoms with Crippen LogP contribution in [0.25, 0.3) is 0 Å². The molecule has 0 amide bonds. The maximum atomic E-state index is 5.75. The molecular weight excluding hydrogens is 250 g/mol. The van der Waals surface area contributed by atoms with Crippen LogP contribution in [0.2, 0.25) is 0 Å². The fraction of sp³-hybridized carbons (Fsp3) is 0.467. The van der Waals surface area contributed by atoms with Gasteiger partial charge in [0.25, 0.3) is 0 Å². The third kappa shape index (κ3) is 4.26. The summed E-state index contributed by atoms with van der Waals surface area (Å²) in [6.45, 7) is 7.03. The molecule has 1 aromatic heterocycles. The van der Waals surface area contributed by atoms with E-state index in [1.54, 1.807) is 6.08 Å². The number of hydrogen-bond acceptors (Lipinski definition) is 3. The Morgan fingerprint density at radius 1 is 1.45 bits per heavy atom. The summed E-state index contributed by atoms with van der Waals surface area (Å²) in [5, 5.41) is 2.96. The van der Waals surface area contributed by atoms with Crippen molar-refractivity contribution in [3.8, 4) is 0 Å². The molecule has 5 nitrogen and oxygen atoms in total. The molecule has 0 spiro atoms. The largest absolute Gasteiger partial charge is 0.370 e. The van der Waals surface area contributed by atoms with Crippen LogP contribution >= 0.6 is 0 Å². The predicted octanol–water partition coefficient (Wildman–Crippen LogP) is 1.66. The first kappa shape index (κ1) is 14.4. The number of nitrogens with one attached hydrogen (secondary N) is 1. The van der Waals surface area contributed by atoms with Gasteiger partial charge in [0.05, 0.1) is 6.54 Å². The van der Waals surface area contributed by atoms with Crippen LogP contribution < -0.4 is 16.0 Å². The Morgan fingerprint density at radius 3 is 3.00 bits per heavy atom. The molecule has 2 heterocycles. The van der Waals surface area contributed by atoms with Gasteiger partial charge in [0, 0.05) is 25.8 Å². The van der Waals surface area contributed by atoms with Gasteiger partial charge < -0.3 is 16.0 Å². The maximum absolute atomic E-state index is 5.75. The van der Waals surface area contributed by atoms with Gasteiger partial charge in [-0.15, -0.1) is 6.58 Å². The molecule has 0 bridgehead atoms. The normalized spacial score (nSPS) is 16.0. The number of hydrogen-bond donors (Lipinski definition) is 2. The van der Waals surface area contributed by atoms with Crippen molar-refractivity contribution < 1.29 is 0 Å². The van der Waals surface area contributed by atoms with E-state index < -0.39 is 0 Å². The zero-order chi connectivity index (χ0) is 14.2. The van der Waals surface area contributed by atoms with Gasteiger partial charge >= 0.3 is 0 Å². The molecule has 1 aliphatic heterocycles. The van der Waals surface area contributed by atoms with Gasteiger partial charge in [0.15, 0.2) is 5.96 Å². The predicted molar refractivity (Wildman–Crippen MR) is 83.8 cm³/mol. The Kier molecular flexibility index (Phi) is 5.41. The highest BCUT2D eigenvalue weighted by atomic mass is 15.2. The minimum absolute atomic E-state index is 0.446. The van der Waals surface area contributed by atoms with E-state index in [1.807, 2.05) is 12.3 Å². The average molecular weight is 273 g/mol. The van der Waals surface area contributed by atoms with Gasteiger partial charge in [-0.05, 0) is 37.0 Å². The number of aliphatic imine (C=N–C) groups is 1. The number of piperidine rings is 1. The summed E-state index contributed by atoms with van der Waals surface area (Å²) >= 11 is 0. The molecule has 20 heavy (non-hydrogen) atoms. The third-order valence-corrected chi connectivity index (χ3v) is 3.35. The molecule has 1 saturated heterocycles. The minimum atomic E-state index is 0.446. The molecule has 0 atom stereocenters. The molecule has 1 fully saturated rings. The molecule has 5 heteroatoms. The SMILES string of the molecule is C=CCNC(N)=NCc1ccnc(N2CCCCC2)c1. The Labute approximate surface area is 120 Å². The summed E-state index contributed by atoms with van der Waals surface area (Å²) in [6, 6.07) is 4.09. The number of aromatic nitrogens is 1. The van der Waals surface area contributed by atoms with E-state index >= 15 is 0 Å². The molecule has 0 unspecified atom stereocenters. The van der Waals surface area contributed by atoms with Crippen molar-refractivity contribution in [2.24, 2.45) is 10.7 Å². The summed E-state index contributed by atoms with van der Waals surface area (Å²) in [5.41, 5.74) is 6.88. The lowest BCUT2D eigenvalue weighted by atomic mass is 10.1. The molecular formula is C15H23N5. The van der Waals surface area contributed by atoms with Crippen LogP contribution in [0, 0.1) is 0 Å². The quantitative estimate of drug-likeness (QED) is 0.486. The van der Waals surface area contributed by atoms with Crippen LogP contribution in [0.1, 0.15) is 24.8 Å². The van der Waals surface area contributed by atoms with E-state index in [0.717, 1.165) is 24.5 Å². The lowest BCUT2D eigenvalue weighted by molar-refractivity contribution is 0.573. The van der Waals surface area contributed by atoms with Gasteiger partial charge in [-0.25, -0.2) is 9.98 Å². The second kappa shape index (κ2) is 7.53. The standard InChI is InChI=1S/C15H23N5/c1-2-7-18-15(16)19-12-13-6-8-17-14(11-13)20-9-4-3-5-10-20/h2,6,8,11H,1,3-5,7,9-10,12H2,(H3,16,18,19). The lowest BCUT2D eigenvalue weighted by Gasteiger charge is -2.27. The average Bonchev–Trinajstić information content (AvgIpc) is 2.52. The van der Waals surface area contributed by atoms with Crippen LogP contribution in [0.3, 0.4) is 0 Å². The van der Waals surface area contributed by atoms with E-state index in [0.29, 0.717) is 19.0 Å². The zero-order valence-corrected chi connectivity index (χ0v) is 11.9. The summed E-state index contributed by atoms with van der Waals surface area (Å²) in [6.07, 6.45) is 7.43. The first-order valence-corrected chi connectivity index (χ1v) is 7.14. The number of pyridine rings is 1. The molecule has 1 aliphatic rings. The maximum Gasteiger partial charge on any atom is 0.189 e. The first-order chi connectivity index (χ1) is 9.79. The number of anilines is 1. The summed E-state index contributed by atoms with van der Waals surface area (Å²) in [4.78, 5) is 11.1. The molecule has 0 radical (unpaired) electrons. The second-order valence-electron chi connectivity index (χ2n) is 4.94. The van der Waals surface area contributed by atoms with Crippen molar-refractivity contribution in [1.29, 1.82) is 0 Å².